The molecular weight excluding hydrogens is 242 g/mol. The lowest BCUT2D eigenvalue weighted by Gasteiger charge is -2.07. The average molecular weight is 259 g/mol. The summed E-state index contributed by atoms with van der Waals surface area (Å²) in [6, 6.07) is 6.46. The normalized spacial score (nSPS) is 11.6. The SMILES string of the molecule is CCOCCS(=O)(=O)NCc1cccc(O)c1. The van der Waals surface area contributed by atoms with Gasteiger partial charge < -0.3 is 9.84 Å². The van der Waals surface area contributed by atoms with Crippen molar-refractivity contribution >= 4 is 10.0 Å². The fraction of sp³-hybridized carbons (Fsp3) is 0.455. The molecule has 0 bridgehead atoms. The van der Waals surface area contributed by atoms with E-state index in [0.29, 0.717) is 12.2 Å². The van der Waals surface area contributed by atoms with Crippen molar-refractivity contribution in [2.24, 2.45) is 0 Å². The van der Waals surface area contributed by atoms with Crippen molar-refractivity contribution in [1.29, 1.82) is 0 Å². The first-order valence-corrected chi connectivity index (χ1v) is 7.01. The fourth-order valence-electron chi connectivity index (χ4n) is 1.24. The van der Waals surface area contributed by atoms with Crippen molar-refractivity contribution < 1.29 is 18.3 Å². The van der Waals surface area contributed by atoms with Gasteiger partial charge in [-0.1, -0.05) is 12.1 Å². The molecule has 1 aromatic carbocycles. The second kappa shape index (κ2) is 6.58. The predicted octanol–water partition coefficient (Wildman–Crippen LogP) is 0.848. The van der Waals surface area contributed by atoms with E-state index < -0.39 is 10.0 Å². The van der Waals surface area contributed by atoms with Gasteiger partial charge in [-0.15, -0.1) is 0 Å². The Balaban J connectivity index is 2.44. The molecule has 0 aliphatic heterocycles. The van der Waals surface area contributed by atoms with Gasteiger partial charge in [0.05, 0.1) is 12.4 Å². The fourth-order valence-corrected chi connectivity index (χ4v) is 2.11. The first kappa shape index (κ1) is 14.0. The van der Waals surface area contributed by atoms with Crippen molar-refractivity contribution in [3.05, 3.63) is 29.8 Å². The number of benzene rings is 1. The van der Waals surface area contributed by atoms with Crippen molar-refractivity contribution in [3.63, 3.8) is 0 Å². The van der Waals surface area contributed by atoms with Crippen molar-refractivity contribution in [1.82, 2.24) is 4.72 Å². The van der Waals surface area contributed by atoms with Crippen LogP contribution in [0.25, 0.3) is 0 Å². The number of hydrogen-bond acceptors (Lipinski definition) is 4. The van der Waals surface area contributed by atoms with Crippen molar-refractivity contribution in [2.75, 3.05) is 19.0 Å². The molecule has 1 aromatic rings. The van der Waals surface area contributed by atoms with Crippen LogP contribution in [0.2, 0.25) is 0 Å². The molecule has 0 spiro atoms. The number of phenols is 1. The van der Waals surface area contributed by atoms with E-state index in [-0.39, 0.29) is 24.7 Å². The summed E-state index contributed by atoms with van der Waals surface area (Å²) < 4.78 is 30.4. The minimum Gasteiger partial charge on any atom is -0.508 e. The summed E-state index contributed by atoms with van der Waals surface area (Å²) in [7, 11) is -3.32. The maximum Gasteiger partial charge on any atom is 0.214 e. The summed E-state index contributed by atoms with van der Waals surface area (Å²) in [5, 5.41) is 9.22. The Morgan fingerprint density at radius 2 is 2.18 bits per heavy atom. The molecule has 0 unspecified atom stereocenters. The first-order valence-electron chi connectivity index (χ1n) is 5.36. The van der Waals surface area contributed by atoms with Gasteiger partial charge in [-0.2, -0.15) is 0 Å². The van der Waals surface area contributed by atoms with E-state index in [0.717, 1.165) is 0 Å². The Hall–Kier alpha value is -1.11. The average Bonchev–Trinajstić information content (AvgIpc) is 2.27. The molecule has 6 heteroatoms. The topological polar surface area (TPSA) is 75.6 Å². The van der Waals surface area contributed by atoms with Gasteiger partial charge in [-0.3, -0.25) is 0 Å². The highest BCUT2D eigenvalue weighted by atomic mass is 32.2. The zero-order chi connectivity index (χ0) is 12.7. The molecule has 0 saturated carbocycles. The van der Waals surface area contributed by atoms with Gasteiger partial charge >= 0.3 is 0 Å². The number of rotatable bonds is 7. The third kappa shape index (κ3) is 5.67. The standard InChI is InChI=1S/C11H17NO4S/c1-2-16-6-7-17(14,15)12-9-10-4-3-5-11(13)8-10/h3-5,8,12-13H,2,6-7,9H2,1H3. The van der Waals surface area contributed by atoms with Gasteiger partial charge in [-0.25, -0.2) is 13.1 Å². The Kier molecular flexibility index (Phi) is 5.40. The molecule has 0 aliphatic rings. The summed E-state index contributed by atoms with van der Waals surface area (Å²) in [6.45, 7) is 2.67. The summed E-state index contributed by atoms with van der Waals surface area (Å²) in [5.41, 5.74) is 0.713. The lowest BCUT2D eigenvalue weighted by atomic mass is 10.2. The maximum absolute atomic E-state index is 11.5. The Labute approximate surface area is 101 Å². The maximum atomic E-state index is 11.5. The lowest BCUT2D eigenvalue weighted by Crippen LogP contribution is -2.28. The van der Waals surface area contributed by atoms with Crippen LogP contribution in [0.3, 0.4) is 0 Å². The zero-order valence-corrected chi connectivity index (χ0v) is 10.5. The molecule has 0 fully saturated rings. The highest BCUT2D eigenvalue weighted by Crippen LogP contribution is 2.10. The van der Waals surface area contributed by atoms with Crippen LogP contribution in [-0.2, 0) is 21.3 Å². The van der Waals surface area contributed by atoms with Crippen LogP contribution in [0.15, 0.2) is 24.3 Å². The van der Waals surface area contributed by atoms with E-state index in [9.17, 15) is 13.5 Å². The van der Waals surface area contributed by atoms with Gasteiger partial charge in [-0.05, 0) is 24.6 Å². The molecule has 0 saturated heterocycles. The van der Waals surface area contributed by atoms with Crippen molar-refractivity contribution in [3.8, 4) is 5.75 Å². The molecule has 0 radical (unpaired) electrons. The molecule has 1 rings (SSSR count). The summed E-state index contributed by atoms with van der Waals surface area (Å²) in [4.78, 5) is 0. The Morgan fingerprint density at radius 3 is 2.82 bits per heavy atom. The van der Waals surface area contributed by atoms with Gasteiger partial charge in [0.15, 0.2) is 0 Å². The molecule has 17 heavy (non-hydrogen) atoms. The first-order chi connectivity index (χ1) is 8.03. The number of ether oxygens (including phenoxy) is 1. The smallest absolute Gasteiger partial charge is 0.214 e. The van der Waals surface area contributed by atoms with Crippen LogP contribution in [0.4, 0.5) is 0 Å². The highest BCUT2D eigenvalue weighted by molar-refractivity contribution is 7.89. The van der Waals surface area contributed by atoms with Crippen LogP contribution in [0, 0.1) is 0 Å². The largest absolute Gasteiger partial charge is 0.508 e. The molecule has 2 N–H and O–H groups in total. The van der Waals surface area contributed by atoms with E-state index in [1.807, 2.05) is 6.92 Å². The van der Waals surface area contributed by atoms with E-state index >= 15 is 0 Å². The summed E-state index contributed by atoms with van der Waals surface area (Å²) in [6.07, 6.45) is 0. The third-order valence-electron chi connectivity index (χ3n) is 2.11. The third-order valence-corrected chi connectivity index (χ3v) is 3.40. The molecular formula is C11H17NO4S. The number of phenolic OH excluding ortho intramolecular Hbond substituents is 1. The van der Waals surface area contributed by atoms with Crippen LogP contribution >= 0.6 is 0 Å². The van der Waals surface area contributed by atoms with Crippen LogP contribution < -0.4 is 4.72 Å². The minimum atomic E-state index is -3.32. The van der Waals surface area contributed by atoms with E-state index in [1.165, 1.54) is 12.1 Å². The molecule has 0 heterocycles. The number of hydrogen-bond donors (Lipinski definition) is 2. The molecule has 0 atom stereocenters. The van der Waals surface area contributed by atoms with Gasteiger partial charge in [0, 0.05) is 13.2 Å². The van der Waals surface area contributed by atoms with E-state index in [1.54, 1.807) is 12.1 Å². The monoisotopic (exact) mass is 259 g/mol. The van der Waals surface area contributed by atoms with Gasteiger partial charge in [0.1, 0.15) is 5.75 Å². The lowest BCUT2D eigenvalue weighted by molar-refractivity contribution is 0.163. The number of sulfonamides is 1. The van der Waals surface area contributed by atoms with E-state index in [2.05, 4.69) is 4.72 Å². The molecule has 0 aliphatic carbocycles. The molecule has 0 amide bonds. The van der Waals surface area contributed by atoms with Gasteiger partial charge in [0.2, 0.25) is 10.0 Å². The Morgan fingerprint density at radius 1 is 1.41 bits per heavy atom. The summed E-state index contributed by atoms with van der Waals surface area (Å²) >= 11 is 0. The second-order valence-corrected chi connectivity index (χ2v) is 5.43. The van der Waals surface area contributed by atoms with Crippen LogP contribution in [-0.4, -0.2) is 32.5 Å². The molecule has 5 nitrogen and oxygen atoms in total. The minimum absolute atomic E-state index is 0.0559. The zero-order valence-electron chi connectivity index (χ0n) is 9.72. The second-order valence-electron chi connectivity index (χ2n) is 3.51. The Bertz CT molecular complexity index is 445. The summed E-state index contributed by atoms with van der Waals surface area (Å²) in [5.74, 6) is 0.0654. The van der Waals surface area contributed by atoms with Gasteiger partial charge in [0.25, 0.3) is 0 Å². The number of aromatic hydroxyl groups is 1. The molecule has 0 aromatic heterocycles. The van der Waals surface area contributed by atoms with E-state index in [4.69, 9.17) is 4.74 Å². The van der Waals surface area contributed by atoms with Crippen LogP contribution in [0.1, 0.15) is 12.5 Å². The number of nitrogens with one attached hydrogen (secondary N) is 1. The highest BCUT2D eigenvalue weighted by Gasteiger charge is 2.09. The predicted molar refractivity (Wildman–Crippen MR) is 65.2 cm³/mol. The van der Waals surface area contributed by atoms with Crippen LogP contribution in [0.5, 0.6) is 5.75 Å². The quantitative estimate of drug-likeness (QED) is 0.712. The molecule has 96 valence electrons. The van der Waals surface area contributed by atoms with Crippen molar-refractivity contribution in [2.45, 2.75) is 13.5 Å².